The number of hydrogen-bond acceptors (Lipinski definition) is 7. The molecule has 1 saturated carbocycles. The first-order chi connectivity index (χ1) is 11.9. The topological polar surface area (TPSA) is 91.3 Å². The molecule has 4 rings (SSSR count). The lowest BCUT2D eigenvalue weighted by Crippen LogP contribution is -2.38. The summed E-state index contributed by atoms with van der Waals surface area (Å²) < 4.78 is 46.9. The fourth-order valence-electron chi connectivity index (χ4n) is 3.63. The Morgan fingerprint density at radius 1 is 1.20 bits per heavy atom. The van der Waals surface area contributed by atoms with Crippen molar-refractivity contribution in [1.82, 2.24) is 0 Å². The first-order valence-electron chi connectivity index (χ1n) is 8.54. The molecule has 3 fully saturated rings. The molecule has 0 amide bonds. The summed E-state index contributed by atoms with van der Waals surface area (Å²) >= 11 is 0. The summed E-state index contributed by atoms with van der Waals surface area (Å²) in [6.45, 7) is 1.58. The molecule has 2 heterocycles. The quantitative estimate of drug-likeness (QED) is 0.803. The van der Waals surface area contributed by atoms with Gasteiger partial charge in [0.25, 0.3) is 10.1 Å². The highest BCUT2D eigenvalue weighted by molar-refractivity contribution is 7.86. The fourth-order valence-corrected chi connectivity index (χ4v) is 4.55. The van der Waals surface area contributed by atoms with Crippen molar-refractivity contribution >= 4 is 10.1 Å². The molecule has 0 bridgehead atoms. The van der Waals surface area contributed by atoms with Gasteiger partial charge in [0, 0.05) is 12.8 Å². The van der Waals surface area contributed by atoms with Crippen LogP contribution in [0.25, 0.3) is 0 Å². The molecule has 3 aliphatic rings. The number of aryl methyl sites for hydroxylation is 1. The Hall–Kier alpha value is -1.03. The van der Waals surface area contributed by atoms with Crippen molar-refractivity contribution in [3.63, 3.8) is 0 Å². The summed E-state index contributed by atoms with van der Waals surface area (Å²) in [6.07, 6.45) is 0.552. The number of aliphatic hydroxyl groups is 1. The number of hydrogen-bond donors (Lipinski definition) is 1. The summed E-state index contributed by atoms with van der Waals surface area (Å²) in [6, 6.07) is 6.37. The van der Waals surface area contributed by atoms with Gasteiger partial charge in [-0.1, -0.05) is 17.7 Å². The molecule has 7 nitrogen and oxygen atoms in total. The van der Waals surface area contributed by atoms with Gasteiger partial charge in [-0.2, -0.15) is 8.42 Å². The Balaban J connectivity index is 1.38. The largest absolute Gasteiger partial charge is 0.387 e. The highest BCUT2D eigenvalue weighted by atomic mass is 32.2. The second kappa shape index (κ2) is 6.29. The van der Waals surface area contributed by atoms with Crippen molar-refractivity contribution in [2.45, 2.75) is 67.9 Å². The molecule has 1 spiro atoms. The molecule has 0 aromatic heterocycles. The lowest BCUT2D eigenvalue weighted by Gasteiger charge is -2.25. The molecule has 2 saturated heterocycles. The zero-order valence-electron chi connectivity index (χ0n) is 14.0. The van der Waals surface area contributed by atoms with Crippen LogP contribution in [0.2, 0.25) is 0 Å². The molecule has 25 heavy (non-hydrogen) atoms. The second-order valence-electron chi connectivity index (χ2n) is 6.90. The van der Waals surface area contributed by atoms with Crippen molar-refractivity contribution in [3.8, 4) is 0 Å². The minimum atomic E-state index is -3.91. The summed E-state index contributed by atoms with van der Waals surface area (Å²) in [4.78, 5) is 0.0724. The maximum atomic E-state index is 12.2. The van der Waals surface area contributed by atoms with Crippen LogP contribution in [0, 0.1) is 6.92 Å². The fraction of sp³-hybridized carbons (Fsp3) is 0.647. The molecular weight excluding hydrogens is 348 g/mol. The van der Waals surface area contributed by atoms with E-state index in [9.17, 15) is 13.5 Å². The summed E-state index contributed by atoms with van der Waals surface area (Å²) in [5.41, 5.74) is 0.955. The standard InChI is InChI=1S/C17H22O7S/c1-11-4-6-12(7-5-11)25(19,20)21-10-13-14(18)15-16(22-13)24-17(23-15)8-2-3-9-17/h4-7,13-16,18H,2-3,8-10H2,1H3/t13-,14+,15-,16-/m1/s1. The maximum absolute atomic E-state index is 12.2. The first kappa shape index (κ1) is 17.4. The average molecular weight is 370 g/mol. The number of aliphatic hydroxyl groups excluding tert-OH is 1. The van der Waals surface area contributed by atoms with E-state index < -0.39 is 40.5 Å². The Bertz CT molecular complexity index is 724. The molecular formula is C17H22O7S. The normalized spacial score (nSPS) is 33.8. The second-order valence-corrected chi connectivity index (χ2v) is 8.52. The zero-order chi connectivity index (χ0) is 17.7. The highest BCUT2D eigenvalue weighted by Gasteiger charge is 2.58. The van der Waals surface area contributed by atoms with Gasteiger partial charge in [-0.3, -0.25) is 4.18 Å². The van der Waals surface area contributed by atoms with Gasteiger partial charge < -0.3 is 19.3 Å². The molecule has 1 aliphatic carbocycles. The van der Waals surface area contributed by atoms with Crippen molar-refractivity contribution in [2.24, 2.45) is 0 Å². The molecule has 138 valence electrons. The molecule has 1 aromatic carbocycles. The van der Waals surface area contributed by atoms with Crippen LogP contribution in [0.3, 0.4) is 0 Å². The van der Waals surface area contributed by atoms with E-state index in [1.54, 1.807) is 12.1 Å². The average Bonchev–Trinajstić information content (AvgIpc) is 3.25. The lowest BCUT2D eigenvalue weighted by molar-refractivity contribution is -0.231. The minimum absolute atomic E-state index is 0.0724. The van der Waals surface area contributed by atoms with Crippen LogP contribution in [-0.4, -0.2) is 50.5 Å². The molecule has 8 heteroatoms. The molecule has 0 radical (unpaired) electrons. The van der Waals surface area contributed by atoms with Crippen LogP contribution in [0.4, 0.5) is 0 Å². The lowest BCUT2D eigenvalue weighted by atomic mass is 10.1. The van der Waals surface area contributed by atoms with E-state index in [1.165, 1.54) is 12.1 Å². The van der Waals surface area contributed by atoms with Crippen LogP contribution < -0.4 is 0 Å². The van der Waals surface area contributed by atoms with E-state index in [1.807, 2.05) is 6.92 Å². The Labute approximate surface area is 147 Å². The van der Waals surface area contributed by atoms with E-state index in [0.29, 0.717) is 0 Å². The van der Waals surface area contributed by atoms with E-state index in [0.717, 1.165) is 31.2 Å². The number of rotatable bonds is 4. The Kier molecular flexibility index (Phi) is 4.38. The Morgan fingerprint density at radius 2 is 1.88 bits per heavy atom. The summed E-state index contributed by atoms with van der Waals surface area (Å²) in [7, 11) is -3.91. The maximum Gasteiger partial charge on any atom is 0.297 e. The summed E-state index contributed by atoms with van der Waals surface area (Å²) in [5, 5.41) is 10.4. The van der Waals surface area contributed by atoms with Gasteiger partial charge in [0.1, 0.15) is 18.3 Å². The van der Waals surface area contributed by atoms with Crippen LogP contribution in [0.15, 0.2) is 29.2 Å². The first-order valence-corrected chi connectivity index (χ1v) is 9.95. The molecule has 0 unspecified atom stereocenters. The number of ether oxygens (including phenoxy) is 3. The Morgan fingerprint density at radius 3 is 2.52 bits per heavy atom. The number of benzene rings is 1. The van der Waals surface area contributed by atoms with Crippen molar-refractivity contribution in [1.29, 1.82) is 0 Å². The highest BCUT2D eigenvalue weighted by Crippen LogP contribution is 2.46. The molecule has 2 aliphatic heterocycles. The monoisotopic (exact) mass is 370 g/mol. The van der Waals surface area contributed by atoms with Crippen molar-refractivity contribution in [2.75, 3.05) is 6.61 Å². The third kappa shape index (κ3) is 3.22. The molecule has 1 N–H and O–H groups in total. The van der Waals surface area contributed by atoms with Crippen LogP contribution in [-0.2, 0) is 28.5 Å². The van der Waals surface area contributed by atoms with Gasteiger partial charge in [0.2, 0.25) is 0 Å². The van der Waals surface area contributed by atoms with Crippen molar-refractivity contribution in [3.05, 3.63) is 29.8 Å². The SMILES string of the molecule is Cc1ccc(S(=O)(=O)OC[C@H]2O[C@@H]3OC4(CCCC4)O[C@@H]3[C@H]2O)cc1. The van der Waals surface area contributed by atoms with Gasteiger partial charge in [0.05, 0.1) is 11.5 Å². The van der Waals surface area contributed by atoms with Crippen molar-refractivity contribution < 1.29 is 31.9 Å². The van der Waals surface area contributed by atoms with E-state index >= 15 is 0 Å². The third-order valence-electron chi connectivity index (χ3n) is 5.04. The van der Waals surface area contributed by atoms with Gasteiger partial charge in [-0.15, -0.1) is 0 Å². The smallest absolute Gasteiger partial charge is 0.297 e. The zero-order valence-corrected chi connectivity index (χ0v) is 14.8. The predicted octanol–water partition coefficient (Wildman–Crippen LogP) is 1.47. The number of fused-ring (bicyclic) bond motifs is 1. The van der Waals surface area contributed by atoms with Crippen LogP contribution >= 0.6 is 0 Å². The van der Waals surface area contributed by atoms with Gasteiger partial charge >= 0.3 is 0 Å². The minimum Gasteiger partial charge on any atom is -0.387 e. The van der Waals surface area contributed by atoms with E-state index in [2.05, 4.69) is 0 Å². The van der Waals surface area contributed by atoms with Gasteiger partial charge in [-0.05, 0) is 31.9 Å². The van der Waals surface area contributed by atoms with Gasteiger partial charge in [-0.25, -0.2) is 0 Å². The van der Waals surface area contributed by atoms with Gasteiger partial charge in [0.15, 0.2) is 12.1 Å². The van der Waals surface area contributed by atoms with E-state index in [-0.39, 0.29) is 11.5 Å². The molecule has 1 aromatic rings. The van der Waals surface area contributed by atoms with Crippen LogP contribution in [0.1, 0.15) is 31.2 Å². The summed E-state index contributed by atoms with van der Waals surface area (Å²) in [5.74, 6) is -0.643. The van der Waals surface area contributed by atoms with E-state index in [4.69, 9.17) is 18.4 Å². The predicted molar refractivity (Wildman–Crippen MR) is 86.1 cm³/mol. The molecule has 4 atom stereocenters. The third-order valence-corrected chi connectivity index (χ3v) is 6.33. The van der Waals surface area contributed by atoms with Crippen LogP contribution in [0.5, 0.6) is 0 Å².